The zero-order valence-electron chi connectivity index (χ0n) is 12.6. The fraction of sp³-hybridized carbons (Fsp3) is 0.588. The predicted molar refractivity (Wildman–Crippen MR) is 81.9 cm³/mol. The van der Waals surface area contributed by atoms with Gasteiger partial charge in [0.15, 0.2) is 0 Å². The average Bonchev–Trinajstić information content (AvgIpc) is 2.85. The molecular formula is C17H24N2O2. The van der Waals surface area contributed by atoms with E-state index >= 15 is 0 Å². The molecule has 0 spiro atoms. The lowest BCUT2D eigenvalue weighted by Gasteiger charge is -2.37. The van der Waals surface area contributed by atoms with Crippen LogP contribution >= 0.6 is 0 Å². The predicted octanol–water partition coefficient (Wildman–Crippen LogP) is 1.49. The van der Waals surface area contributed by atoms with E-state index in [0.717, 1.165) is 37.9 Å². The molecule has 2 aliphatic rings. The lowest BCUT2D eigenvalue weighted by atomic mass is 9.92. The number of aliphatic hydroxyl groups excluding tert-OH is 1. The lowest BCUT2D eigenvalue weighted by Crippen LogP contribution is -2.44. The van der Waals surface area contributed by atoms with Crippen molar-refractivity contribution in [3.8, 4) is 0 Å². The van der Waals surface area contributed by atoms with Crippen LogP contribution in [0.5, 0.6) is 0 Å². The fourth-order valence-electron chi connectivity index (χ4n) is 3.73. The highest BCUT2D eigenvalue weighted by Gasteiger charge is 2.36. The number of nitrogens with one attached hydrogen (secondary N) is 1. The van der Waals surface area contributed by atoms with E-state index < -0.39 is 0 Å². The molecular weight excluding hydrogens is 264 g/mol. The van der Waals surface area contributed by atoms with Crippen molar-refractivity contribution in [2.24, 2.45) is 5.92 Å². The topological polar surface area (TPSA) is 52.6 Å². The Hall–Kier alpha value is -1.39. The fourth-order valence-corrected chi connectivity index (χ4v) is 3.73. The summed E-state index contributed by atoms with van der Waals surface area (Å²) in [5.41, 5.74) is 2.37. The second-order valence-electron chi connectivity index (χ2n) is 6.27. The van der Waals surface area contributed by atoms with Crippen LogP contribution in [-0.4, -0.2) is 42.1 Å². The Morgan fingerprint density at radius 3 is 2.71 bits per heavy atom. The zero-order chi connectivity index (χ0) is 14.8. The number of carbonyl (C=O) groups excluding carboxylic acids is 1. The van der Waals surface area contributed by atoms with Crippen molar-refractivity contribution < 1.29 is 9.90 Å². The van der Waals surface area contributed by atoms with Crippen LogP contribution in [0.25, 0.3) is 0 Å². The van der Waals surface area contributed by atoms with Gasteiger partial charge in [0.25, 0.3) is 0 Å². The smallest absolute Gasteiger partial charge is 0.220 e. The SMILES string of the molecule is CNC(=O)CC1CCN(C2Cc3ccccc3C2O)CC1. The summed E-state index contributed by atoms with van der Waals surface area (Å²) in [6, 6.07) is 8.42. The van der Waals surface area contributed by atoms with Gasteiger partial charge in [-0.3, -0.25) is 9.69 Å². The van der Waals surface area contributed by atoms with Gasteiger partial charge in [-0.2, -0.15) is 0 Å². The Kier molecular flexibility index (Phi) is 4.27. The molecule has 0 aromatic heterocycles. The summed E-state index contributed by atoms with van der Waals surface area (Å²) in [4.78, 5) is 13.9. The Balaban J connectivity index is 1.58. The minimum absolute atomic E-state index is 0.141. The first-order valence-corrected chi connectivity index (χ1v) is 7.89. The highest BCUT2D eigenvalue weighted by molar-refractivity contribution is 5.75. The number of nitrogens with zero attached hydrogens (tertiary/aromatic N) is 1. The highest BCUT2D eigenvalue weighted by atomic mass is 16.3. The first-order chi connectivity index (χ1) is 10.2. The van der Waals surface area contributed by atoms with E-state index in [9.17, 15) is 9.90 Å². The van der Waals surface area contributed by atoms with Gasteiger partial charge in [0.1, 0.15) is 0 Å². The molecule has 1 saturated heterocycles. The quantitative estimate of drug-likeness (QED) is 0.886. The van der Waals surface area contributed by atoms with Crippen molar-refractivity contribution in [3.63, 3.8) is 0 Å². The summed E-state index contributed by atoms with van der Waals surface area (Å²) in [5.74, 6) is 0.629. The molecule has 1 aliphatic carbocycles. The molecule has 2 unspecified atom stereocenters. The van der Waals surface area contributed by atoms with Crippen LogP contribution in [0, 0.1) is 5.92 Å². The maximum Gasteiger partial charge on any atom is 0.220 e. The molecule has 4 nitrogen and oxygen atoms in total. The van der Waals surface area contributed by atoms with Crippen LogP contribution < -0.4 is 5.32 Å². The molecule has 1 heterocycles. The van der Waals surface area contributed by atoms with Crippen LogP contribution in [0.3, 0.4) is 0 Å². The van der Waals surface area contributed by atoms with Crippen molar-refractivity contribution in [3.05, 3.63) is 35.4 Å². The van der Waals surface area contributed by atoms with Crippen LogP contribution in [-0.2, 0) is 11.2 Å². The van der Waals surface area contributed by atoms with E-state index in [1.807, 2.05) is 18.2 Å². The molecule has 114 valence electrons. The number of rotatable bonds is 3. The van der Waals surface area contributed by atoms with Gasteiger partial charge in [-0.05, 0) is 49.4 Å². The summed E-state index contributed by atoms with van der Waals surface area (Å²) < 4.78 is 0. The Morgan fingerprint density at radius 2 is 2.05 bits per heavy atom. The first kappa shape index (κ1) is 14.5. The number of fused-ring (bicyclic) bond motifs is 1. The summed E-state index contributed by atoms with van der Waals surface area (Å²) in [6.07, 6.45) is 3.31. The van der Waals surface area contributed by atoms with Crippen molar-refractivity contribution in [1.82, 2.24) is 10.2 Å². The van der Waals surface area contributed by atoms with Crippen LogP contribution in [0.1, 0.15) is 36.5 Å². The number of carbonyl (C=O) groups is 1. The molecule has 0 bridgehead atoms. The number of hydrogen-bond donors (Lipinski definition) is 2. The molecule has 2 N–H and O–H groups in total. The molecule has 3 rings (SSSR count). The maximum absolute atomic E-state index is 11.5. The third-order valence-corrected chi connectivity index (χ3v) is 5.04. The first-order valence-electron chi connectivity index (χ1n) is 7.89. The maximum atomic E-state index is 11.5. The molecule has 0 radical (unpaired) electrons. The summed E-state index contributed by atoms with van der Waals surface area (Å²) in [5, 5.41) is 13.2. The molecule has 1 amide bonds. The Bertz CT molecular complexity index is 509. The van der Waals surface area contributed by atoms with Crippen LogP contribution in [0.2, 0.25) is 0 Å². The van der Waals surface area contributed by atoms with Gasteiger partial charge in [-0.1, -0.05) is 24.3 Å². The van der Waals surface area contributed by atoms with Gasteiger partial charge >= 0.3 is 0 Å². The lowest BCUT2D eigenvalue weighted by molar-refractivity contribution is -0.122. The minimum atomic E-state index is -0.364. The van der Waals surface area contributed by atoms with Crippen LogP contribution in [0.4, 0.5) is 0 Å². The van der Waals surface area contributed by atoms with Gasteiger partial charge in [-0.25, -0.2) is 0 Å². The van der Waals surface area contributed by atoms with Gasteiger partial charge in [0.05, 0.1) is 6.10 Å². The second kappa shape index (κ2) is 6.16. The Labute approximate surface area is 126 Å². The molecule has 2 atom stereocenters. The van der Waals surface area contributed by atoms with Gasteiger partial charge in [-0.15, -0.1) is 0 Å². The molecule has 1 fully saturated rings. The van der Waals surface area contributed by atoms with E-state index in [0.29, 0.717) is 12.3 Å². The number of hydrogen-bond acceptors (Lipinski definition) is 3. The standard InChI is InChI=1S/C17H24N2O2/c1-18-16(20)10-12-6-8-19(9-7-12)15-11-13-4-2-3-5-14(13)17(15)21/h2-5,12,15,17,21H,6-11H2,1H3,(H,18,20). The van der Waals surface area contributed by atoms with Crippen molar-refractivity contribution in [2.75, 3.05) is 20.1 Å². The van der Waals surface area contributed by atoms with Gasteiger partial charge in [0.2, 0.25) is 5.91 Å². The summed E-state index contributed by atoms with van der Waals surface area (Å²) in [7, 11) is 1.70. The van der Waals surface area contributed by atoms with Crippen molar-refractivity contribution in [2.45, 2.75) is 37.8 Å². The normalized spacial score (nSPS) is 26.6. The molecule has 4 heteroatoms. The van der Waals surface area contributed by atoms with E-state index in [1.54, 1.807) is 7.05 Å². The van der Waals surface area contributed by atoms with Gasteiger partial charge in [0, 0.05) is 19.5 Å². The molecule has 1 aliphatic heterocycles. The van der Waals surface area contributed by atoms with E-state index in [1.165, 1.54) is 5.56 Å². The zero-order valence-corrected chi connectivity index (χ0v) is 12.6. The molecule has 1 aromatic rings. The molecule has 1 aromatic carbocycles. The third kappa shape index (κ3) is 2.97. The summed E-state index contributed by atoms with van der Waals surface area (Å²) >= 11 is 0. The van der Waals surface area contributed by atoms with E-state index in [4.69, 9.17) is 0 Å². The highest BCUT2D eigenvalue weighted by Crippen LogP contribution is 2.36. The number of piperidine rings is 1. The largest absolute Gasteiger partial charge is 0.387 e. The Morgan fingerprint density at radius 1 is 1.33 bits per heavy atom. The van der Waals surface area contributed by atoms with Crippen molar-refractivity contribution >= 4 is 5.91 Å². The second-order valence-corrected chi connectivity index (χ2v) is 6.27. The van der Waals surface area contributed by atoms with E-state index in [-0.39, 0.29) is 18.1 Å². The number of amides is 1. The summed E-state index contributed by atoms with van der Waals surface area (Å²) in [6.45, 7) is 1.97. The van der Waals surface area contributed by atoms with Crippen molar-refractivity contribution in [1.29, 1.82) is 0 Å². The number of benzene rings is 1. The third-order valence-electron chi connectivity index (χ3n) is 5.04. The monoisotopic (exact) mass is 288 g/mol. The minimum Gasteiger partial charge on any atom is -0.387 e. The number of aliphatic hydroxyl groups is 1. The van der Waals surface area contributed by atoms with Gasteiger partial charge < -0.3 is 10.4 Å². The molecule has 21 heavy (non-hydrogen) atoms. The van der Waals surface area contributed by atoms with Crippen LogP contribution in [0.15, 0.2) is 24.3 Å². The average molecular weight is 288 g/mol. The molecule has 0 saturated carbocycles. The number of likely N-dealkylation sites (tertiary alicyclic amines) is 1. The van der Waals surface area contributed by atoms with E-state index in [2.05, 4.69) is 16.3 Å².